The number of nitriles is 1. The summed E-state index contributed by atoms with van der Waals surface area (Å²) in [5, 5.41) is 22.5. The second-order valence-electron chi connectivity index (χ2n) is 11.3. The smallest absolute Gasteiger partial charge is 0.255 e. The van der Waals surface area contributed by atoms with Gasteiger partial charge in [-0.15, -0.1) is 0 Å². The molecule has 2 saturated carbocycles. The fourth-order valence-electron chi connectivity index (χ4n) is 6.36. The molecule has 2 aliphatic carbocycles. The number of aromatic nitrogens is 2. The van der Waals surface area contributed by atoms with Crippen molar-refractivity contribution in [1.29, 1.82) is 5.26 Å². The highest BCUT2D eigenvalue weighted by molar-refractivity contribution is 5.92. The number of anilines is 1. The van der Waals surface area contributed by atoms with Gasteiger partial charge < -0.3 is 20.9 Å². The van der Waals surface area contributed by atoms with E-state index in [-0.39, 0.29) is 24.7 Å². The average Bonchev–Trinajstić information content (AvgIpc) is 3.61. The molecule has 6 rings (SSSR count). The molecule has 3 saturated heterocycles. The number of nitrogens with zero attached hydrogens (tertiary/aromatic N) is 4. The van der Waals surface area contributed by atoms with Crippen molar-refractivity contribution in [1.82, 2.24) is 25.3 Å². The minimum Gasteiger partial charge on any atom is -0.371 e. The Kier molecular flexibility index (Phi) is 7.29. The van der Waals surface area contributed by atoms with Crippen LogP contribution in [0, 0.1) is 29.1 Å². The van der Waals surface area contributed by atoms with E-state index in [4.69, 9.17) is 0 Å². The van der Waals surface area contributed by atoms with E-state index in [1.165, 1.54) is 4.90 Å². The van der Waals surface area contributed by atoms with Crippen LogP contribution in [-0.2, 0) is 21.4 Å². The van der Waals surface area contributed by atoms with Crippen LogP contribution in [0.4, 0.5) is 14.5 Å². The number of fused-ring (bicyclic) bond motifs is 3. The van der Waals surface area contributed by atoms with Crippen molar-refractivity contribution in [3.63, 3.8) is 0 Å². The fraction of sp³-hybridized carbons (Fsp3) is 0.731. The normalized spacial score (nSPS) is 29.6. The Morgan fingerprint density at radius 3 is 2.68 bits per heavy atom. The molecular weight excluding hydrogens is 496 g/mol. The largest absolute Gasteiger partial charge is 0.371 e. The molecule has 6 atom stereocenters. The van der Waals surface area contributed by atoms with Crippen LogP contribution in [0.3, 0.4) is 0 Å². The van der Waals surface area contributed by atoms with Crippen molar-refractivity contribution < 1.29 is 23.2 Å². The number of hydrogen-bond donors (Lipinski definition) is 3. The first-order valence-corrected chi connectivity index (χ1v) is 13.6. The molecule has 12 heteroatoms. The molecule has 5 fully saturated rings. The van der Waals surface area contributed by atoms with E-state index in [0.717, 1.165) is 19.3 Å². The third-order valence-electron chi connectivity index (χ3n) is 8.46. The Bertz CT molecular complexity index is 1110. The number of rotatable bonds is 9. The highest BCUT2D eigenvalue weighted by Crippen LogP contribution is 2.49. The number of carbonyl (C=O) groups is 3. The number of halogens is 2. The molecule has 2 bridgehead atoms. The molecule has 0 radical (unpaired) electrons. The quantitative estimate of drug-likeness (QED) is 0.446. The van der Waals surface area contributed by atoms with Crippen LogP contribution < -0.4 is 16.0 Å². The number of hydrogen-bond acceptors (Lipinski definition) is 6. The van der Waals surface area contributed by atoms with Gasteiger partial charge in [0, 0.05) is 38.2 Å². The third kappa shape index (κ3) is 5.47. The molecule has 10 nitrogen and oxygen atoms in total. The minimum atomic E-state index is -3.09. The maximum absolute atomic E-state index is 15.1. The van der Waals surface area contributed by atoms with Gasteiger partial charge in [-0.3, -0.25) is 19.1 Å². The van der Waals surface area contributed by atoms with E-state index < -0.39 is 54.3 Å². The number of aryl methyl sites for hydroxylation is 1. The molecule has 0 spiro atoms. The van der Waals surface area contributed by atoms with Gasteiger partial charge >= 0.3 is 0 Å². The van der Waals surface area contributed by atoms with Crippen molar-refractivity contribution in [2.75, 3.05) is 11.9 Å². The van der Waals surface area contributed by atoms with E-state index in [1.54, 1.807) is 24.1 Å². The summed E-state index contributed by atoms with van der Waals surface area (Å²) in [6, 6.07) is -1.81. The Morgan fingerprint density at radius 2 is 2.05 bits per heavy atom. The van der Waals surface area contributed by atoms with Crippen LogP contribution in [0.25, 0.3) is 0 Å². The zero-order valence-corrected chi connectivity index (χ0v) is 21.5. The first-order valence-electron chi connectivity index (χ1n) is 13.6. The first kappa shape index (κ1) is 26.4. The van der Waals surface area contributed by atoms with E-state index in [0.29, 0.717) is 37.4 Å². The van der Waals surface area contributed by atoms with Gasteiger partial charge in [0.2, 0.25) is 17.7 Å². The van der Waals surface area contributed by atoms with Gasteiger partial charge in [0.25, 0.3) is 5.92 Å². The Labute approximate surface area is 220 Å². The topological polar surface area (TPSA) is 132 Å². The van der Waals surface area contributed by atoms with Crippen molar-refractivity contribution in [3.05, 3.63) is 12.4 Å². The molecule has 3 aliphatic heterocycles. The fourth-order valence-corrected chi connectivity index (χ4v) is 6.36. The molecule has 38 heavy (non-hydrogen) atoms. The summed E-state index contributed by atoms with van der Waals surface area (Å²) in [6.07, 6.45) is 7.44. The average molecular weight is 532 g/mol. The van der Waals surface area contributed by atoms with Crippen molar-refractivity contribution in [2.24, 2.45) is 24.8 Å². The van der Waals surface area contributed by atoms with Gasteiger partial charge in [-0.2, -0.15) is 10.4 Å². The van der Waals surface area contributed by atoms with Gasteiger partial charge in [-0.05, 0) is 44.4 Å². The summed E-state index contributed by atoms with van der Waals surface area (Å²) in [6.45, 7) is 0.575. The molecule has 0 aromatic carbocycles. The summed E-state index contributed by atoms with van der Waals surface area (Å²) in [5.41, 5.74) is 0.648. The molecular formula is C26H35F2N7O3. The van der Waals surface area contributed by atoms with Crippen molar-refractivity contribution in [3.8, 4) is 6.07 Å². The Hall–Kier alpha value is -3.23. The zero-order valence-electron chi connectivity index (χ0n) is 21.5. The standard InChI is InChI=1S/C26H35F2N7O3/c1-34-14-18(13-31-34)32-21(9-15-4-5-15)25(38)35-19-6-7-20(26(27,28)11-19)22(35)24(37)33-17(12-29)10-16-3-2-8-30-23(16)36/h13-17,19-22,32H,2-11H2,1H3,(H,30,36)(H,33,37)/t16-,17-,19+,20+,21-,22+/m0/s1. The molecule has 1 aromatic rings. The van der Waals surface area contributed by atoms with Crippen LogP contribution in [-0.4, -0.2) is 69.0 Å². The number of nitrogens with one attached hydrogen (secondary N) is 3. The molecule has 1 aromatic heterocycles. The molecule has 0 unspecified atom stereocenters. The Morgan fingerprint density at radius 1 is 1.26 bits per heavy atom. The lowest BCUT2D eigenvalue weighted by Gasteiger charge is -2.54. The number of alkyl halides is 2. The zero-order chi connectivity index (χ0) is 27.0. The lowest BCUT2D eigenvalue weighted by atomic mass is 9.71. The summed E-state index contributed by atoms with van der Waals surface area (Å²) in [5.74, 6) is -5.76. The second-order valence-corrected chi connectivity index (χ2v) is 11.3. The lowest BCUT2D eigenvalue weighted by molar-refractivity contribution is -0.194. The minimum absolute atomic E-state index is 0.103. The van der Waals surface area contributed by atoms with Gasteiger partial charge in [0.05, 0.1) is 23.9 Å². The van der Waals surface area contributed by atoms with E-state index in [9.17, 15) is 19.6 Å². The van der Waals surface area contributed by atoms with Gasteiger partial charge in [-0.1, -0.05) is 12.8 Å². The lowest BCUT2D eigenvalue weighted by Crippen LogP contribution is -2.70. The van der Waals surface area contributed by atoms with Gasteiger partial charge in [0.1, 0.15) is 18.1 Å². The van der Waals surface area contributed by atoms with Crippen LogP contribution >= 0.6 is 0 Å². The highest BCUT2D eigenvalue weighted by atomic mass is 19.3. The summed E-state index contributed by atoms with van der Waals surface area (Å²) < 4.78 is 31.8. The van der Waals surface area contributed by atoms with E-state index in [2.05, 4.69) is 21.0 Å². The predicted molar refractivity (Wildman–Crippen MR) is 133 cm³/mol. The van der Waals surface area contributed by atoms with Crippen LogP contribution in [0.2, 0.25) is 0 Å². The van der Waals surface area contributed by atoms with Crippen molar-refractivity contribution >= 4 is 23.4 Å². The Balaban J connectivity index is 1.37. The molecule has 4 heterocycles. The molecule has 3 N–H and O–H groups in total. The summed E-state index contributed by atoms with van der Waals surface area (Å²) in [4.78, 5) is 41.1. The van der Waals surface area contributed by atoms with Crippen LogP contribution in [0.15, 0.2) is 12.4 Å². The van der Waals surface area contributed by atoms with E-state index in [1.807, 2.05) is 6.07 Å². The van der Waals surface area contributed by atoms with Crippen molar-refractivity contribution in [2.45, 2.75) is 87.9 Å². The predicted octanol–water partition coefficient (Wildman–Crippen LogP) is 1.94. The maximum Gasteiger partial charge on any atom is 0.255 e. The summed E-state index contributed by atoms with van der Waals surface area (Å²) in [7, 11) is 1.76. The van der Waals surface area contributed by atoms with Crippen LogP contribution in [0.5, 0.6) is 0 Å². The SMILES string of the molecule is Cn1cc(N[C@@H](CC2CC2)C(=O)N2[C@@H]3CC[C@H]([C@@H]2C(=O)N[C@H](C#N)C[C@@H]2CCCNC2=O)C(F)(F)C3)cn1. The van der Waals surface area contributed by atoms with Crippen LogP contribution in [0.1, 0.15) is 57.8 Å². The highest BCUT2D eigenvalue weighted by Gasteiger charge is 2.61. The summed E-state index contributed by atoms with van der Waals surface area (Å²) >= 11 is 0. The maximum atomic E-state index is 15.1. The molecule has 206 valence electrons. The molecule has 5 aliphatic rings. The van der Waals surface area contributed by atoms with Gasteiger partial charge in [-0.25, -0.2) is 8.78 Å². The number of amides is 3. The first-order chi connectivity index (χ1) is 18.2. The number of piperidine rings is 3. The van der Waals surface area contributed by atoms with Gasteiger partial charge in [0.15, 0.2) is 0 Å². The van der Waals surface area contributed by atoms with E-state index >= 15 is 8.78 Å². The second kappa shape index (κ2) is 10.5. The number of carbonyl (C=O) groups excluding carboxylic acids is 3. The third-order valence-corrected chi connectivity index (χ3v) is 8.46. The monoisotopic (exact) mass is 531 g/mol. The molecule has 3 amide bonds.